The molecule has 2 nitrogen and oxygen atoms in total. The van der Waals surface area contributed by atoms with Crippen molar-refractivity contribution in [2.24, 2.45) is 5.73 Å². The molecule has 14 heavy (non-hydrogen) atoms. The van der Waals surface area contributed by atoms with Gasteiger partial charge in [0.1, 0.15) is 0 Å². The van der Waals surface area contributed by atoms with Crippen LogP contribution in [0, 0.1) is 0 Å². The maximum absolute atomic E-state index is 11.5. The molecule has 0 bridgehead atoms. The fraction of sp³-hybridized carbons (Fsp3) is 0.400. The first kappa shape index (κ1) is 11.9. The summed E-state index contributed by atoms with van der Waals surface area (Å²) in [6.07, 6.45) is 0. The van der Waals surface area contributed by atoms with Crippen molar-refractivity contribution in [2.45, 2.75) is 18.7 Å². The largest absolute Gasteiger partial charge is 0.327 e. The molecular formula is C10H14BrNOS. The van der Waals surface area contributed by atoms with Crippen LogP contribution in [-0.2, 0) is 16.6 Å². The van der Waals surface area contributed by atoms with Gasteiger partial charge in [0.05, 0.1) is 0 Å². The lowest BCUT2D eigenvalue weighted by molar-refractivity contribution is 0.676. The van der Waals surface area contributed by atoms with Crippen LogP contribution < -0.4 is 5.73 Å². The van der Waals surface area contributed by atoms with Gasteiger partial charge in [-0.25, -0.2) is 0 Å². The minimum absolute atomic E-state index is 0.00582. The molecule has 4 heteroatoms. The molecule has 0 aliphatic rings. The Hall–Kier alpha value is -0.190. The zero-order chi connectivity index (χ0) is 10.6. The predicted molar refractivity (Wildman–Crippen MR) is 64.5 cm³/mol. The minimum Gasteiger partial charge on any atom is -0.327 e. The van der Waals surface area contributed by atoms with Crippen molar-refractivity contribution in [1.29, 1.82) is 0 Å². The highest BCUT2D eigenvalue weighted by Gasteiger charge is 2.04. The molecule has 1 rings (SSSR count). The quantitative estimate of drug-likeness (QED) is 0.914. The zero-order valence-corrected chi connectivity index (χ0v) is 10.5. The molecule has 1 aromatic rings. The third-order valence-corrected chi connectivity index (χ3v) is 3.77. The van der Waals surface area contributed by atoms with Crippen molar-refractivity contribution in [1.82, 2.24) is 0 Å². The lowest BCUT2D eigenvalue weighted by Gasteiger charge is -2.05. The maximum Gasteiger partial charge on any atom is 0.0486 e. The van der Waals surface area contributed by atoms with Gasteiger partial charge in [-0.3, -0.25) is 4.21 Å². The number of hydrogen-bond donors (Lipinski definition) is 1. The second kappa shape index (κ2) is 5.63. The second-order valence-electron chi connectivity index (χ2n) is 3.35. The van der Waals surface area contributed by atoms with E-state index < -0.39 is 10.8 Å². The number of nitrogens with two attached hydrogens (primary N) is 1. The summed E-state index contributed by atoms with van der Waals surface area (Å²) in [6.45, 7) is 1.87. The Balaban J connectivity index is 2.52. The van der Waals surface area contributed by atoms with Crippen molar-refractivity contribution in [3.8, 4) is 0 Å². The van der Waals surface area contributed by atoms with Crippen LogP contribution >= 0.6 is 15.9 Å². The normalized spacial score (nSPS) is 15.1. The van der Waals surface area contributed by atoms with Gasteiger partial charge >= 0.3 is 0 Å². The third kappa shape index (κ3) is 4.35. The van der Waals surface area contributed by atoms with Crippen LogP contribution in [0.1, 0.15) is 12.5 Å². The highest BCUT2D eigenvalue weighted by Crippen LogP contribution is 2.11. The first-order valence-electron chi connectivity index (χ1n) is 4.43. The molecule has 0 saturated carbocycles. The Morgan fingerprint density at radius 2 is 2.00 bits per heavy atom. The summed E-state index contributed by atoms with van der Waals surface area (Å²) in [5.41, 5.74) is 6.66. The van der Waals surface area contributed by atoms with Crippen LogP contribution in [0.4, 0.5) is 0 Å². The summed E-state index contributed by atoms with van der Waals surface area (Å²) in [5.74, 6) is 1.16. The molecular weight excluding hydrogens is 262 g/mol. The number of rotatable bonds is 4. The fourth-order valence-corrected chi connectivity index (χ4v) is 2.65. The Kier molecular flexibility index (Phi) is 4.78. The van der Waals surface area contributed by atoms with Crippen LogP contribution in [-0.4, -0.2) is 16.0 Å². The highest BCUT2D eigenvalue weighted by atomic mass is 79.9. The van der Waals surface area contributed by atoms with Gasteiger partial charge in [-0.05, 0) is 24.6 Å². The van der Waals surface area contributed by atoms with E-state index in [-0.39, 0.29) is 6.04 Å². The number of benzene rings is 1. The maximum atomic E-state index is 11.5. The Labute approximate surface area is 95.5 Å². The predicted octanol–water partition coefficient (Wildman–Crippen LogP) is 2.04. The first-order valence-corrected chi connectivity index (χ1v) is 6.71. The molecule has 2 unspecified atom stereocenters. The smallest absolute Gasteiger partial charge is 0.0486 e. The van der Waals surface area contributed by atoms with Gasteiger partial charge in [-0.1, -0.05) is 28.1 Å². The SMILES string of the molecule is CC(N)CS(=O)Cc1ccc(Br)cc1. The zero-order valence-electron chi connectivity index (χ0n) is 8.07. The third-order valence-electron chi connectivity index (χ3n) is 1.69. The van der Waals surface area contributed by atoms with Crippen molar-refractivity contribution in [2.75, 3.05) is 5.75 Å². The molecule has 0 fully saturated rings. The van der Waals surface area contributed by atoms with E-state index in [2.05, 4.69) is 15.9 Å². The van der Waals surface area contributed by atoms with Crippen molar-refractivity contribution < 1.29 is 4.21 Å². The molecule has 0 aromatic heterocycles. The van der Waals surface area contributed by atoms with Crippen LogP contribution in [0.15, 0.2) is 28.7 Å². The van der Waals surface area contributed by atoms with Gasteiger partial charge in [0.15, 0.2) is 0 Å². The van der Waals surface area contributed by atoms with Crippen LogP contribution in [0.5, 0.6) is 0 Å². The molecule has 0 radical (unpaired) electrons. The van der Waals surface area contributed by atoms with E-state index >= 15 is 0 Å². The summed E-state index contributed by atoms with van der Waals surface area (Å²) in [6, 6.07) is 7.87. The van der Waals surface area contributed by atoms with Crippen LogP contribution in [0.3, 0.4) is 0 Å². The lowest BCUT2D eigenvalue weighted by atomic mass is 10.2. The standard InChI is InChI=1S/C10H14BrNOS/c1-8(12)6-14(13)7-9-2-4-10(11)5-3-9/h2-5,8H,6-7,12H2,1H3. The number of halogens is 1. The van der Waals surface area contributed by atoms with Gasteiger partial charge in [-0.15, -0.1) is 0 Å². The van der Waals surface area contributed by atoms with E-state index in [1.165, 1.54) is 0 Å². The highest BCUT2D eigenvalue weighted by molar-refractivity contribution is 9.10. The van der Waals surface area contributed by atoms with Gasteiger partial charge < -0.3 is 5.73 Å². The topological polar surface area (TPSA) is 43.1 Å². The molecule has 0 heterocycles. The van der Waals surface area contributed by atoms with E-state index in [0.29, 0.717) is 11.5 Å². The van der Waals surface area contributed by atoms with Crippen molar-refractivity contribution >= 4 is 26.7 Å². The van der Waals surface area contributed by atoms with Gasteiger partial charge in [-0.2, -0.15) is 0 Å². The van der Waals surface area contributed by atoms with Crippen molar-refractivity contribution in [3.05, 3.63) is 34.3 Å². The Morgan fingerprint density at radius 3 is 2.50 bits per heavy atom. The summed E-state index contributed by atoms with van der Waals surface area (Å²) in [7, 11) is -0.848. The average molecular weight is 276 g/mol. The second-order valence-corrected chi connectivity index (χ2v) is 5.77. The van der Waals surface area contributed by atoms with E-state index in [9.17, 15) is 4.21 Å². The lowest BCUT2D eigenvalue weighted by Crippen LogP contribution is -2.23. The minimum atomic E-state index is -0.848. The molecule has 0 amide bonds. The summed E-state index contributed by atoms with van der Waals surface area (Å²) in [4.78, 5) is 0. The molecule has 0 saturated heterocycles. The van der Waals surface area contributed by atoms with E-state index in [1.807, 2.05) is 31.2 Å². The molecule has 0 spiro atoms. The monoisotopic (exact) mass is 275 g/mol. The van der Waals surface area contributed by atoms with Gasteiger partial charge in [0.25, 0.3) is 0 Å². The van der Waals surface area contributed by atoms with E-state index in [0.717, 1.165) is 10.0 Å². The van der Waals surface area contributed by atoms with Gasteiger partial charge in [0, 0.05) is 32.8 Å². The van der Waals surface area contributed by atoms with Crippen LogP contribution in [0.25, 0.3) is 0 Å². The molecule has 78 valence electrons. The van der Waals surface area contributed by atoms with E-state index in [4.69, 9.17) is 5.73 Å². The van der Waals surface area contributed by atoms with Crippen molar-refractivity contribution in [3.63, 3.8) is 0 Å². The molecule has 0 aliphatic carbocycles. The Bertz CT molecular complexity index is 310. The fourth-order valence-electron chi connectivity index (χ4n) is 1.12. The first-order chi connectivity index (χ1) is 6.58. The number of hydrogen-bond acceptors (Lipinski definition) is 2. The summed E-state index contributed by atoms with van der Waals surface area (Å²) in [5, 5.41) is 0. The van der Waals surface area contributed by atoms with Gasteiger partial charge in [0.2, 0.25) is 0 Å². The summed E-state index contributed by atoms with van der Waals surface area (Å²) < 4.78 is 12.6. The molecule has 2 atom stereocenters. The van der Waals surface area contributed by atoms with E-state index in [1.54, 1.807) is 0 Å². The molecule has 2 N–H and O–H groups in total. The average Bonchev–Trinajstić information content (AvgIpc) is 2.07. The Morgan fingerprint density at radius 1 is 1.43 bits per heavy atom. The van der Waals surface area contributed by atoms with Crippen LogP contribution in [0.2, 0.25) is 0 Å². The molecule has 0 aliphatic heterocycles. The summed E-state index contributed by atoms with van der Waals surface area (Å²) >= 11 is 3.36. The molecule has 1 aromatic carbocycles.